The summed E-state index contributed by atoms with van der Waals surface area (Å²) in [4.78, 5) is 2.30. The van der Waals surface area contributed by atoms with Crippen molar-refractivity contribution < 1.29 is 0 Å². The van der Waals surface area contributed by atoms with Gasteiger partial charge in [0.1, 0.15) is 22.5 Å². The topological polar surface area (TPSA) is 52.0 Å². The second-order valence-corrected chi connectivity index (χ2v) is 11.6. The molecule has 0 spiro atoms. The molecule has 5 heteroatoms. The molecule has 8 aromatic rings. The summed E-state index contributed by atoms with van der Waals surface area (Å²) in [6.07, 6.45) is 1.78. The van der Waals surface area contributed by atoms with Crippen molar-refractivity contribution in [1.82, 2.24) is 4.40 Å². The molecule has 176 valence electrons. The van der Waals surface area contributed by atoms with E-state index in [0.29, 0.717) is 0 Å². The average Bonchev–Trinajstić information content (AvgIpc) is 3.60. The standard InChI is InChI=1S/C33H17N3S2/c1-18-7-2-3-9-21(18)30-25(15-19(16-34)17-35)31-32(37-30)28-24-11-6-8-20-13-14-23-22-10-4-5-12-26(22)36(33(28)38-31)29(23)27(20)24/h2-15H,1H3. The summed E-state index contributed by atoms with van der Waals surface area (Å²) in [5.41, 5.74) is 5.84. The van der Waals surface area contributed by atoms with Crippen LogP contribution in [0.5, 0.6) is 0 Å². The summed E-state index contributed by atoms with van der Waals surface area (Å²) in [5.74, 6) is 0. The van der Waals surface area contributed by atoms with Crippen molar-refractivity contribution in [2.75, 3.05) is 0 Å². The Kier molecular flexibility index (Phi) is 4.32. The molecule has 0 atom stereocenters. The lowest BCUT2D eigenvalue weighted by atomic mass is 10.00. The fraction of sp³-hybridized carbons (Fsp3) is 0.0303. The van der Waals surface area contributed by atoms with Crippen LogP contribution in [0.2, 0.25) is 0 Å². The molecule has 0 bridgehead atoms. The van der Waals surface area contributed by atoms with Crippen molar-refractivity contribution in [3.8, 4) is 22.6 Å². The zero-order chi connectivity index (χ0) is 25.5. The van der Waals surface area contributed by atoms with Crippen LogP contribution >= 0.6 is 22.7 Å². The highest BCUT2D eigenvalue weighted by Crippen LogP contribution is 2.52. The number of nitrogens with zero attached hydrogens (tertiary/aromatic N) is 3. The zero-order valence-corrected chi connectivity index (χ0v) is 21.9. The van der Waals surface area contributed by atoms with Crippen molar-refractivity contribution >= 4 is 86.3 Å². The average molecular weight is 520 g/mol. The first-order valence-electron chi connectivity index (χ1n) is 12.3. The van der Waals surface area contributed by atoms with Crippen LogP contribution in [0.25, 0.3) is 74.1 Å². The summed E-state index contributed by atoms with van der Waals surface area (Å²) in [5, 5.41) is 26.8. The number of aryl methyl sites for hydroxylation is 1. The molecule has 3 nitrogen and oxygen atoms in total. The number of fused-ring (bicyclic) bond motifs is 8. The van der Waals surface area contributed by atoms with Crippen LogP contribution in [0, 0.1) is 29.6 Å². The van der Waals surface area contributed by atoms with Crippen LogP contribution in [-0.2, 0) is 0 Å². The molecule has 0 saturated carbocycles. The van der Waals surface area contributed by atoms with E-state index in [1.165, 1.54) is 58.4 Å². The van der Waals surface area contributed by atoms with Crippen LogP contribution in [-0.4, -0.2) is 4.40 Å². The molecule has 0 radical (unpaired) electrons. The van der Waals surface area contributed by atoms with Gasteiger partial charge in [-0.2, -0.15) is 10.5 Å². The summed E-state index contributed by atoms with van der Waals surface area (Å²) < 4.78 is 4.76. The fourth-order valence-corrected chi connectivity index (χ4v) is 8.93. The number of pyridine rings is 1. The minimum absolute atomic E-state index is 0.116. The van der Waals surface area contributed by atoms with E-state index in [9.17, 15) is 10.5 Å². The van der Waals surface area contributed by atoms with Gasteiger partial charge in [0.25, 0.3) is 0 Å². The largest absolute Gasteiger partial charge is 0.299 e. The summed E-state index contributed by atoms with van der Waals surface area (Å²) >= 11 is 3.53. The molecular weight excluding hydrogens is 503 g/mol. The van der Waals surface area contributed by atoms with Gasteiger partial charge in [0.15, 0.2) is 0 Å². The molecule has 0 unspecified atom stereocenters. The smallest absolute Gasteiger partial charge is 0.130 e. The third-order valence-corrected chi connectivity index (χ3v) is 10.2. The molecule has 4 aromatic carbocycles. The second-order valence-electron chi connectivity index (χ2n) is 9.60. The van der Waals surface area contributed by atoms with Gasteiger partial charge >= 0.3 is 0 Å². The molecule has 0 aliphatic carbocycles. The van der Waals surface area contributed by atoms with E-state index < -0.39 is 0 Å². The lowest BCUT2D eigenvalue weighted by Crippen LogP contribution is -1.89. The SMILES string of the molecule is Cc1ccccc1-c1sc2c(sc3c2c2cccc4ccc5c6ccccc6n3c5c42)c1C=C(C#N)C#N. The monoisotopic (exact) mass is 519 g/mol. The van der Waals surface area contributed by atoms with E-state index in [4.69, 9.17) is 0 Å². The molecule has 8 rings (SSSR count). The fourth-order valence-electron chi connectivity index (χ4n) is 5.97. The lowest BCUT2D eigenvalue weighted by Gasteiger charge is -2.10. The van der Waals surface area contributed by atoms with Gasteiger partial charge in [-0.1, -0.05) is 72.8 Å². The highest BCUT2D eigenvalue weighted by Gasteiger charge is 2.24. The zero-order valence-electron chi connectivity index (χ0n) is 20.2. The maximum Gasteiger partial charge on any atom is 0.130 e. The van der Waals surface area contributed by atoms with Gasteiger partial charge in [-0.25, -0.2) is 0 Å². The Hall–Kier alpha value is -4.68. The van der Waals surface area contributed by atoms with E-state index >= 15 is 0 Å². The van der Waals surface area contributed by atoms with Crippen molar-refractivity contribution in [1.29, 1.82) is 10.5 Å². The predicted octanol–water partition coefficient (Wildman–Crippen LogP) is 9.67. The molecule has 4 heterocycles. The van der Waals surface area contributed by atoms with Crippen molar-refractivity contribution in [3.63, 3.8) is 0 Å². The Balaban J connectivity index is 1.66. The third kappa shape index (κ3) is 2.65. The van der Waals surface area contributed by atoms with Gasteiger partial charge in [0.2, 0.25) is 0 Å². The predicted molar refractivity (Wildman–Crippen MR) is 161 cm³/mol. The lowest BCUT2D eigenvalue weighted by molar-refractivity contribution is 1.38. The Morgan fingerprint density at radius 3 is 2.39 bits per heavy atom. The van der Waals surface area contributed by atoms with E-state index in [-0.39, 0.29) is 5.57 Å². The molecule has 38 heavy (non-hydrogen) atoms. The quantitative estimate of drug-likeness (QED) is 0.213. The van der Waals surface area contributed by atoms with Crippen LogP contribution in [0.1, 0.15) is 11.1 Å². The Bertz CT molecular complexity index is 2370. The number of rotatable bonds is 2. The number of aromatic nitrogens is 1. The number of allylic oxidation sites excluding steroid dienone is 1. The molecule has 0 amide bonds. The first-order valence-corrected chi connectivity index (χ1v) is 14.0. The number of para-hydroxylation sites is 1. The van der Waals surface area contributed by atoms with E-state index in [2.05, 4.69) is 90.2 Å². The first-order chi connectivity index (χ1) is 18.7. The van der Waals surface area contributed by atoms with Gasteiger partial charge < -0.3 is 0 Å². The molecule has 0 aliphatic heterocycles. The number of thiophene rings is 2. The van der Waals surface area contributed by atoms with E-state index in [0.717, 1.165) is 20.7 Å². The Labute approximate surface area is 225 Å². The minimum atomic E-state index is 0.116. The summed E-state index contributed by atoms with van der Waals surface area (Å²) in [7, 11) is 0. The highest BCUT2D eigenvalue weighted by atomic mass is 32.1. The minimum Gasteiger partial charge on any atom is -0.299 e. The van der Waals surface area contributed by atoms with Crippen LogP contribution in [0.4, 0.5) is 0 Å². The number of nitriles is 2. The van der Waals surface area contributed by atoms with Gasteiger partial charge in [-0.3, -0.25) is 4.40 Å². The van der Waals surface area contributed by atoms with Crippen molar-refractivity contribution in [2.45, 2.75) is 6.92 Å². The normalized spacial score (nSPS) is 11.8. The van der Waals surface area contributed by atoms with Crippen LogP contribution in [0.15, 0.2) is 84.4 Å². The van der Waals surface area contributed by atoms with Gasteiger partial charge in [0, 0.05) is 32.0 Å². The summed E-state index contributed by atoms with van der Waals surface area (Å²) in [6, 6.07) is 32.2. The maximum atomic E-state index is 9.65. The molecule has 4 aromatic heterocycles. The second kappa shape index (κ2) is 7.66. The maximum absolute atomic E-state index is 9.65. The van der Waals surface area contributed by atoms with Gasteiger partial charge in [-0.15, -0.1) is 22.7 Å². The summed E-state index contributed by atoms with van der Waals surface area (Å²) in [6.45, 7) is 2.11. The number of hydrogen-bond acceptors (Lipinski definition) is 4. The van der Waals surface area contributed by atoms with E-state index in [1.54, 1.807) is 28.7 Å². The first kappa shape index (κ1) is 21.4. The van der Waals surface area contributed by atoms with Crippen LogP contribution < -0.4 is 0 Å². The molecule has 0 saturated heterocycles. The molecular formula is C33H17N3S2. The highest BCUT2D eigenvalue weighted by molar-refractivity contribution is 7.34. The number of benzene rings is 4. The van der Waals surface area contributed by atoms with Gasteiger partial charge in [0.05, 0.1) is 20.4 Å². The van der Waals surface area contributed by atoms with Crippen molar-refractivity contribution in [3.05, 3.63) is 95.6 Å². The molecule has 0 N–H and O–H groups in total. The van der Waals surface area contributed by atoms with Crippen molar-refractivity contribution in [2.24, 2.45) is 0 Å². The Morgan fingerprint density at radius 2 is 1.55 bits per heavy atom. The number of hydrogen-bond donors (Lipinski definition) is 0. The van der Waals surface area contributed by atoms with E-state index in [1.807, 2.05) is 12.1 Å². The van der Waals surface area contributed by atoms with Crippen LogP contribution in [0.3, 0.4) is 0 Å². The third-order valence-electron chi connectivity index (χ3n) is 7.61. The van der Waals surface area contributed by atoms with Gasteiger partial charge in [-0.05, 0) is 41.0 Å². The molecule has 0 aliphatic rings. The Morgan fingerprint density at radius 1 is 0.763 bits per heavy atom. The molecule has 0 fully saturated rings.